The molecule has 22 heavy (non-hydrogen) atoms. The molecule has 1 aromatic rings. The zero-order chi connectivity index (χ0) is 16.3. The zero-order valence-corrected chi connectivity index (χ0v) is 14.5. The van der Waals surface area contributed by atoms with E-state index in [4.69, 9.17) is 0 Å². The monoisotopic (exact) mass is 303 g/mol. The highest BCUT2D eigenvalue weighted by molar-refractivity contribution is 6.00. The fraction of sp³-hybridized carbons (Fsp3) is 0.611. The van der Waals surface area contributed by atoms with Crippen molar-refractivity contribution >= 4 is 11.6 Å². The smallest absolute Gasteiger partial charge is 0.253 e. The molecule has 0 aliphatic carbocycles. The van der Waals surface area contributed by atoms with Crippen molar-refractivity contribution in [2.45, 2.75) is 38.6 Å². The van der Waals surface area contributed by atoms with Crippen LogP contribution in [-0.2, 0) is 0 Å². The summed E-state index contributed by atoms with van der Waals surface area (Å²) in [5.74, 6) is 0.434. The lowest BCUT2D eigenvalue weighted by Gasteiger charge is -2.37. The van der Waals surface area contributed by atoms with E-state index in [2.05, 4.69) is 61.3 Å². The molecule has 0 spiro atoms. The molecule has 1 heterocycles. The fourth-order valence-corrected chi connectivity index (χ4v) is 3.13. The molecule has 1 aliphatic heterocycles. The number of piperidine rings is 1. The molecule has 4 nitrogen and oxygen atoms in total. The summed E-state index contributed by atoms with van der Waals surface area (Å²) in [4.78, 5) is 16.9. The Morgan fingerprint density at radius 2 is 1.91 bits per heavy atom. The molecule has 0 unspecified atom stereocenters. The van der Waals surface area contributed by atoms with Crippen molar-refractivity contribution in [2.24, 2.45) is 0 Å². The number of rotatable bonds is 4. The summed E-state index contributed by atoms with van der Waals surface area (Å²) < 4.78 is 0. The van der Waals surface area contributed by atoms with Crippen LogP contribution < -0.4 is 10.2 Å². The van der Waals surface area contributed by atoms with Crippen molar-refractivity contribution in [3.63, 3.8) is 0 Å². The van der Waals surface area contributed by atoms with Crippen LogP contribution >= 0.6 is 0 Å². The third-order valence-electron chi connectivity index (χ3n) is 4.69. The Morgan fingerprint density at radius 3 is 2.41 bits per heavy atom. The van der Waals surface area contributed by atoms with Gasteiger partial charge in [0.25, 0.3) is 5.91 Å². The standard InChI is InChI=1S/C18H29N3O/c1-13(2)14-6-7-17(16(12-14)18(22)19-3)21-10-8-15(9-11-21)20(4)5/h6-7,12-13,15H,8-11H2,1-5H3,(H,19,22). The molecule has 122 valence electrons. The van der Waals surface area contributed by atoms with Crippen LogP contribution in [-0.4, -0.2) is 51.1 Å². The number of carbonyl (C=O) groups is 1. The second kappa shape index (κ2) is 7.14. The van der Waals surface area contributed by atoms with Crippen LogP contribution in [0.5, 0.6) is 0 Å². The van der Waals surface area contributed by atoms with Crippen LogP contribution in [0.15, 0.2) is 18.2 Å². The van der Waals surface area contributed by atoms with Crippen molar-refractivity contribution in [3.05, 3.63) is 29.3 Å². The van der Waals surface area contributed by atoms with E-state index in [1.807, 2.05) is 0 Å². The van der Waals surface area contributed by atoms with Gasteiger partial charge in [0.05, 0.1) is 5.56 Å². The first kappa shape index (κ1) is 16.8. The lowest BCUT2D eigenvalue weighted by atomic mass is 9.97. The van der Waals surface area contributed by atoms with E-state index in [1.54, 1.807) is 7.05 Å². The van der Waals surface area contributed by atoms with E-state index in [0.29, 0.717) is 12.0 Å². The van der Waals surface area contributed by atoms with Crippen LogP contribution in [0.2, 0.25) is 0 Å². The maximum absolute atomic E-state index is 12.3. The first-order valence-electron chi connectivity index (χ1n) is 8.21. The van der Waals surface area contributed by atoms with Crippen molar-refractivity contribution in [1.82, 2.24) is 10.2 Å². The summed E-state index contributed by atoms with van der Waals surface area (Å²) in [6.45, 7) is 6.33. The van der Waals surface area contributed by atoms with Crippen LogP contribution in [0.3, 0.4) is 0 Å². The summed E-state index contributed by atoms with van der Waals surface area (Å²) in [6, 6.07) is 6.98. The number of anilines is 1. The molecular weight excluding hydrogens is 274 g/mol. The van der Waals surface area contributed by atoms with E-state index in [0.717, 1.165) is 37.2 Å². The predicted molar refractivity (Wildman–Crippen MR) is 92.8 cm³/mol. The number of amides is 1. The molecule has 0 saturated carbocycles. The molecule has 2 rings (SSSR count). The summed E-state index contributed by atoms with van der Waals surface area (Å²) in [5.41, 5.74) is 3.09. The lowest BCUT2D eigenvalue weighted by Crippen LogP contribution is -2.42. The van der Waals surface area contributed by atoms with Gasteiger partial charge >= 0.3 is 0 Å². The molecule has 1 N–H and O–H groups in total. The predicted octanol–water partition coefficient (Wildman–Crippen LogP) is 2.70. The lowest BCUT2D eigenvalue weighted by molar-refractivity contribution is 0.0963. The normalized spacial score (nSPS) is 16.4. The van der Waals surface area contributed by atoms with Gasteiger partial charge in [-0.2, -0.15) is 0 Å². The van der Waals surface area contributed by atoms with Gasteiger partial charge in [0.2, 0.25) is 0 Å². The Kier molecular flexibility index (Phi) is 5.46. The van der Waals surface area contributed by atoms with Gasteiger partial charge in [0.15, 0.2) is 0 Å². The fourth-order valence-electron chi connectivity index (χ4n) is 3.13. The molecule has 1 aliphatic rings. The molecule has 1 aromatic carbocycles. The number of nitrogens with zero attached hydrogens (tertiary/aromatic N) is 2. The van der Waals surface area contributed by atoms with Crippen LogP contribution in [0.4, 0.5) is 5.69 Å². The minimum Gasteiger partial charge on any atom is -0.371 e. The first-order valence-corrected chi connectivity index (χ1v) is 8.21. The Morgan fingerprint density at radius 1 is 1.27 bits per heavy atom. The van der Waals surface area contributed by atoms with Crippen LogP contribution in [0.25, 0.3) is 0 Å². The van der Waals surface area contributed by atoms with Crippen molar-refractivity contribution in [3.8, 4) is 0 Å². The molecule has 1 amide bonds. The van der Waals surface area contributed by atoms with Gasteiger partial charge in [-0.3, -0.25) is 4.79 Å². The molecule has 1 saturated heterocycles. The summed E-state index contributed by atoms with van der Waals surface area (Å²) in [5, 5.41) is 2.78. The van der Waals surface area contributed by atoms with Crippen molar-refractivity contribution in [1.29, 1.82) is 0 Å². The summed E-state index contributed by atoms with van der Waals surface area (Å²) in [7, 11) is 5.99. The van der Waals surface area contributed by atoms with Gasteiger partial charge in [-0.05, 0) is 50.6 Å². The van der Waals surface area contributed by atoms with E-state index in [1.165, 1.54) is 5.56 Å². The minimum absolute atomic E-state index is 0.00670. The molecule has 0 radical (unpaired) electrons. The van der Waals surface area contributed by atoms with Gasteiger partial charge in [-0.1, -0.05) is 19.9 Å². The van der Waals surface area contributed by atoms with Gasteiger partial charge in [0, 0.05) is 31.9 Å². The van der Waals surface area contributed by atoms with Crippen molar-refractivity contribution in [2.75, 3.05) is 39.1 Å². The average molecular weight is 303 g/mol. The highest BCUT2D eigenvalue weighted by Crippen LogP contribution is 2.28. The van der Waals surface area contributed by atoms with Gasteiger partial charge in [-0.15, -0.1) is 0 Å². The Labute approximate surface area is 134 Å². The molecule has 0 atom stereocenters. The minimum atomic E-state index is 0.00670. The van der Waals surface area contributed by atoms with E-state index < -0.39 is 0 Å². The van der Waals surface area contributed by atoms with E-state index >= 15 is 0 Å². The van der Waals surface area contributed by atoms with E-state index in [-0.39, 0.29) is 5.91 Å². The van der Waals surface area contributed by atoms with E-state index in [9.17, 15) is 4.79 Å². The number of hydrogen-bond donors (Lipinski definition) is 1. The third kappa shape index (κ3) is 3.61. The summed E-state index contributed by atoms with van der Waals surface area (Å²) >= 11 is 0. The van der Waals surface area contributed by atoms with Gasteiger partial charge in [-0.25, -0.2) is 0 Å². The SMILES string of the molecule is CNC(=O)c1cc(C(C)C)ccc1N1CCC(N(C)C)CC1. The molecular formula is C18H29N3O. The molecule has 4 heteroatoms. The Balaban J connectivity index is 2.25. The third-order valence-corrected chi connectivity index (χ3v) is 4.69. The molecule has 0 aromatic heterocycles. The number of nitrogens with one attached hydrogen (secondary N) is 1. The quantitative estimate of drug-likeness (QED) is 0.929. The highest BCUT2D eigenvalue weighted by Gasteiger charge is 2.24. The first-order chi connectivity index (χ1) is 10.4. The number of carbonyl (C=O) groups excluding carboxylic acids is 1. The second-order valence-electron chi connectivity index (χ2n) is 6.69. The Hall–Kier alpha value is -1.55. The maximum atomic E-state index is 12.3. The number of benzene rings is 1. The van der Waals surface area contributed by atoms with Crippen LogP contribution in [0.1, 0.15) is 48.5 Å². The second-order valence-corrected chi connectivity index (χ2v) is 6.69. The molecule has 1 fully saturated rings. The van der Waals surface area contributed by atoms with Gasteiger partial charge < -0.3 is 15.1 Å². The molecule has 0 bridgehead atoms. The van der Waals surface area contributed by atoms with Crippen LogP contribution in [0, 0.1) is 0 Å². The Bertz CT molecular complexity index is 517. The zero-order valence-electron chi connectivity index (χ0n) is 14.5. The largest absolute Gasteiger partial charge is 0.371 e. The topological polar surface area (TPSA) is 35.6 Å². The highest BCUT2D eigenvalue weighted by atomic mass is 16.1. The average Bonchev–Trinajstić information content (AvgIpc) is 2.53. The maximum Gasteiger partial charge on any atom is 0.253 e. The van der Waals surface area contributed by atoms with Gasteiger partial charge in [0.1, 0.15) is 0 Å². The summed E-state index contributed by atoms with van der Waals surface area (Å²) in [6.07, 6.45) is 2.29. The van der Waals surface area contributed by atoms with Crippen molar-refractivity contribution < 1.29 is 4.79 Å². The number of hydrogen-bond acceptors (Lipinski definition) is 3.